The van der Waals surface area contributed by atoms with Gasteiger partial charge >= 0.3 is 0 Å². The predicted molar refractivity (Wildman–Crippen MR) is 100 cm³/mol. The van der Waals surface area contributed by atoms with Crippen LogP contribution in [-0.4, -0.2) is 49.5 Å². The molecular formula is C20H26N2O5. The van der Waals surface area contributed by atoms with Gasteiger partial charge in [-0.3, -0.25) is 19.3 Å². The Labute approximate surface area is 159 Å². The minimum absolute atomic E-state index is 0.0364. The molecular weight excluding hydrogens is 348 g/mol. The molecule has 1 aromatic carbocycles. The molecule has 146 valence electrons. The number of nitrogens with zero attached hydrogens (tertiary/aromatic N) is 1. The highest BCUT2D eigenvalue weighted by Crippen LogP contribution is 2.36. The van der Waals surface area contributed by atoms with Crippen LogP contribution in [0.4, 0.5) is 5.69 Å². The fourth-order valence-electron chi connectivity index (χ4n) is 3.32. The molecule has 0 saturated carbocycles. The quantitative estimate of drug-likeness (QED) is 0.769. The molecule has 7 nitrogen and oxygen atoms in total. The van der Waals surface area contributed by atoms with Crippen LogP contribution in [0.25, 0.3) is 0 Å². The minimum Gasteiger partial charge on any atom is -0.478 e. The maximum absolute atomic E-state index is 12.9. The van der Waals surface area contributed by atoms with Gasteiger partial charge in [-0.25, -0.2) is 0 Å². The van der Waals surface area contributed by atoms with Crippen LogP contribution >= 0.6 is 0 Å². The summed E-state index contributed by atoms with van der Waals surface area (Å²) < 4.78 is 11.3. The van der Waals surface area contributed by atoms with Gasteiger partial charge in [0.15, 0.2) is 11.9 Å². The van der Waals surface area contributed by atoms with Crippen molar-refractivity contribution in [1.29, 1.82) is 0 Å². The molecule has 0 aliphatic carbocycles. The van der Waals surface area contributed by atoms with Crippen molar-refractivity contribution in [1.82, 2.24) is 5.32 Å². The number of Topliss-reactive ketones (excluding diaryl/α,β-unsaturated/α-hetero) is 1. The second kappa shape index (κ2) is 8.08. The van der Waals surface area contributed by atoms with Gasteiger partial charge in [-0.2, -0.15) is 0 Å². The Hall–Kier alpha value is -2.41. The van der Waals surface area contributed by atoms with Crippen molar-refractivity contribution >= 4 is 23.3 Å². The lowest BCUT2D eigenvalue weighted by molar-refractivity contribution is -0.130. The molecule has 0 spiro atoms. The average molecular weight is 374 g/mol. The smallest absolute Gasteiger partial charge is 0.268 e. The number of ketones is 1. The van der Waals surface area contributed by atoms with Crippen molar-refractivity contribution in [2.75, 3.05) is 24.6 Å². The lowest BCUT2D eigenvalue weighted by Gasteiger charge is -2.35. The van der Waals surface area contributed by atoms with E-state index in [9.17, 15) is 14.4 Å². The van der Waals surface area contributed by atoms with E-state index >= 15 is 0 Å². The van der Waals surface area contributed by atoms with Gasteiger partial charge in [-0.15, -0.1) is 0 Å². The summed E-state index contributed by atoms with van der Waals surface area (Å²) in [6.45, 7) is 6.29. The molecule has 0 bridgehead atoms. The van der Waals surface area contributed by atoms with E-state index < -0.39 is 6.10 Å². The van der Waals surface area contributed by atoms with Crippen molar-refractivity contribution in [3.8, 4) is 5.75 Å². The van der Waals surface area contributed by atoms with Crippen molar-refractivity contribution < 1.29 is 23.9 Å². The van der Waals surface area contributed by atoms with E-state index in [1.54, 1.807) is 18.2 Å². The summed E-state index contributed by atoms with van der Waals surface area (Å²) in [7, 11) is 0. The second-order valence-corrected chi connectivity index (χ2v) is 7.38. The molecule has 0 aromatic heterocycles. The van der Waals surface area contributed by atoms with Crippen LogP contribution in [0.2, 0.25) is 0 Å². The summed E-state index contributed by atoms with van der Waals surface area (Å²) in [4.78, 5) is 38.5. The van der Waals surface area contributed by atoms with E-state index in [0.29, 0.717) is 23.5 Å². The molecule has 2 amide bonds. The SMILES string of the molecule is CC(=O)c1ccc2c(c1)N(CC(=O)NCC1CCCO1)C(=O)C(C(C)C)O2. The number of carbonyl (C=O) groups excluding carboxylic acids is 3. The summed E-state index contributed by atoms with van der Waals surface area (Å²) in [6.07, 6.45) is 1.30. The Morgan fingerprint density at radius 2 is 2.11 bits per heavy atom. The number of nitrogens with one attached hydrogen (secondary N) is 1. The highest BCUT2D eigenvalue weighted by atomic mass is 16.5. The fourth-order valence-corrected chi connectivity index (χ4v) is 3.32. The first kappa shape index (κ1) is 19.4. The van der Waals surface area contributed by atoms with Gasteiger partial charge in [0, 0.05) is 18.7 Å². The highest BCUT2D eigenvalue weighted by molar-refractivity contribution is 6.05. The predicted octanol–water partition coefficient (Wildman–Crippen LogP) is 1.93. The molecule has 1 fully saturated rings. The maximum atomic E-state index is 12.9. The molecule has 2 atom stereocenters. The van der Waals surface area contributed by atoms with Crippen LogP contribution in [0.15, 0.2) is 18.2 Å². The fraction of sp³-hybridized carbons (Fsp3) is 0.550. The Balaban J connectivity index is 1.80. The number of benzene rings is 1. The number of fused-ring (bicyclic) bond motifs is 1. The monoisotopic (exact) mass is 374 g/mol. The number of anilines is 1. The second-order valence-electron chi connectivity index (χ2n) is 7.38. The van der Waals surface area contributed by atoms with Crippen LogP contribution in [0.3, 0.4) is 0 Å². The molecule has 0 radical (unpaired) electrons. The van der Waals surface area contributed by atoms with Gasteiger partial charge in [-0.05, 0) is 43.9 Å². The van der Waals surface area contributed by atoms with E-state index in [0.717, 1.165) is 19.4 Å². The maximum Gasteiger partial charge on any atom is 0.268 e. The molecule has 2 unspecified atom stereocenters. The minimum atomic E-state index is -0.661. The van der Waals surface area contributed by atoms with Crippen molar-refractivity contribution in [3.05, 3.63) is 23.8 Å². The number of ether oxygens (including phenoxy) is 2. The van der Waals surface area contributed by atoms with Crippen LogP contribution in [0, 0.1) is 5.92 Å². The zero-order valence-electron chi connectivity index (χ0n) is 16.0. The third kappa shape index (κ3) is 4.30. The Kier molecular flexibility index (Phi) is 5.79. The van der Waals surface area contributed by atoms with E-state index in [4.69, 9.17) is 9.47 Å². The van der Waals surface area contributed by atoms with Crippen LogP contribution < -0.4 is 15.0 Å². The number of hydrogen-bond donors (Lipinski definition) is 1. The van der Waals surface area contributed by atoms with E-state index in [-0.39, 0.29) is 36.2 Å². The van der Waals surface area contributed by atoms with Crippen molar-refractivity contribution in [2.45, 2.75) is 45.8 Å². The summed E-state index contributed by atoms with van der Waals surface area (Å²) in [5.41, 5.74) is 0.926. The van der Waals surface area contributed by atoms with Crippen molar-refractivity contribution in [2.24, 2.45) is 5.92 Å². The lowest BCUT2D eigenvalue weighted by Crippen LogP contribution is -2.52. The topological polar surface area (TPSA) is 84.9 Å². The van der Waals surface area contributed by atoms with Gasteiger partial charge in [-0.1, -0.05) is 13.8 Å². The first-order valence-electron chi connectivity index (χ1n) is 9.38. The zero-order valence-corrected chi connectivity index (χ0v) is 16.0. The summed E-state index contributed by atoms with van der Waals surface area (Å²) in [5, 5.41) is 2.84. The van der Waals surface area contributed by atoms with Gasteiger partial charge in [0.2, 0.25) is 5.91 Å². The Morgan fingerprint density at radius 3 is 2.74 bits per heavy atom. The molecule has 1 aromatic rings. The summed E-state index contributed by atoms with van der Waals surface area (Å²) in [5.74, 6) is -0.187. The molecule has 3 rings (SSSR count). The third-order valence-electron chi connectivity index (χ3n) is 4.88. The number of rotatable bonds is 6. The van der Waals surface area contributed by atoms with Crippen LogP contribution in [-0.2, 0) is 14.3 Å². The zero-order chi connectivity index (χ0) is 19.6. The first-order chi connectivity index (χ1) is 12.9. The van der Waals surface area contributed by atoms with Gasteiger partial charge in [0.05, 0.1) is 11.8 Å². The van der Waals surface area contributed by atoms with E-state index in [1.807, 2.05) is 13.8 Å². The Bertz CT molecular complexity index is 740. The number of carbonyl (C=O) groups is 3. The Morgan fingerprint density at radius 1 is 1.33 bits per heavy atom. The third-order valence-corrected chi connectivity index (χ3v) is 4.88. The lowest BCUT2D eigenvalue weighted by atomic mass is 10.0. The van der Waals surface area contributed by atoms with E-state index in [2.05, 4.69) is 5.32 Å². The molecule has 27 heavy (non-hydrogen) atoms. The number of hydrogen-bond acceptors (Lipinski definition) is 5. The first-order valence-corrected chi connectivity index (χ1v) is 9.38. The normalized spacial score (nSPS) is 21.8. The molecule has 2 heterocycles. The van der Waals surface area contributed by atoms with Gasteiger partial charge < -0.3 is 14.8 Å². The average Bonchev–Trinajstić information content (AvgIpc) is 3.15. The van der Waals surface area contributed by atoms with Crippen LogP contribution in [0.5, 0.6) is 5.75 Å². The van der Waals surface area contributed by atoms with E-state index in [1.165, 1.54) is 11.8 Å². The standard InChI is InChI=1S/C20H26N2O5/c1-12(2)19-20(25)22(11-18(24)21-10-15-5-4-8-26-15)16-9-14(13(3)23)6-7-17(16)27-19/h6-7,9,12,15,19H,4-5,8,10-11H2,1-3H3,(H,21,24). The van der Waals surface area contributed by atoms with Crippen LogP contribution in [0.1, 0.15) is 44.0 Å². The van der Waals surface area contributed by atoms with Crippen molar-refractivity contribution in [3.63, 3.8) is 0 Å². The summed E-state index contributed by atoms with van der Waals surface area (Å²) in [6, 6.07) is 4.97. The molecule has 1 saturated heterocycles. The summed E-state index contributed by atoms with van der Waals surface area (Å²) >= 11 is 0. The number of amides is 2. The molecule has 7 heteroatoms. The molecule has 1 N–H and O–H groups in total. The molecule has 2 aliphatic heterocycles. The molecule has 2 aliphatic rings. The largest absolute Gasteiger partial charge is 0.478 e. The van der Waals surface area contributed by atoms with Gasteiger partial charge in [0.1, 0.15) is 12.3 Å². The van der Waals surface area contributed by atoms with Gasteiger partial charge in [0.25, 0.3) is 5.91 Å². The highest BCUT2D eigenvalue weighted by Gasteiger charge is 2.37.